The van der Waals surface area contributed by atoms with E-state index in [-0.39, 0.29) is 13.0 Å². The van der Waals surface area contributed by atoms with Crippen LogP contribution in [0.4, 0.5) is 0 Å². The summed E-state index contributed by atoms with van der Waals surface area (Å²) in [7, 11) is 0. The molecule has 1 aromatic carbocycles. The summed E-state index contributed by atoms with van der Waals surface area (Å²) in [5.74, 6) is 0. The Morgan fingerprint density at radius 1 is 1.22 bits per heavy atom. The van der Waals surface area contributed by atoms with Gasteiger partial charge in [-0.2, -0.15) is 0 Å². The number of hydrogen-bond donors (Lipinski definition) is 3. The van der Waals surface area contributed by atoms with Gasteiger partial charge in [0.1, 0.15) is 12.2 Å². The Balaban J connectivity index is 1.86. The summed E-state index contributed by atoms with van der Waals surface area (Å²) < 4.78 is 10.9. The minimum Gasteiger partial charge on any atom is -0.394 e. The van der Waals surface area contributed by atoms with Crippen molar-refractivity contribution in [2.24, 2.45) is 0 Å². The van der Waals surface area contributed by atoms with E-state index in [0.29, 0.717) is 6.61 Å². The molecule has 0 bridgehead atoms. The molecule has 18 heavy (non-hydrogen) atoms. The maximum absolute atomic E-state index is 9.63. The first kappa shape index (κ1) is 13.5. The summed E-state index contributed by atoms with van der Waals surface area (Å²) >= 11 is 0. The summed E-state index contributed by atoms with van der Waals surface area (Å²) in [6.45, 7) is 0.0237. The number of hydrogen-bond acceptors (Lipinski definition) is 5. The Bertz CT molecular complexity index is 356. The molecule has 3 N–H and O–H groups in total. The number of ether oxygens (including phenoxy) is 2. The topological polar surface area (TPSA) is 79.2 Å². The van der Waals surface area contributed by atoms with Gasteiger partial charge in [0.05, 0.1) is 19.3 Å². The molecule has 1 fully saturated rings. The van der Waals surface area contributed by atoms with Crippen molar-refractivity contribution in [2.45, 2.75) is 37.6 Å². The second-order valence-electron chi connectivity index (χ2n) is 4.38. The minimum atomic E-state index is -1.06. The maximum Gasteiger partial charge on any atom is 0.161 e. The van der Waals surface area contributed by atoms with E-state index in [1.807, 2.05) is 30.3 Å². The first-order valence-corrected chi connectivity index (χ1v) is 5.98. The summed E-state index contributed by atoms with van der Waals surface area (Å²) in [6.07, 6.45) is -3.21. The largest absolute Gasteiger partial charge is 0.394 e. The maximum atomic E-state index is 9.63. The number of benzene rings is 1. The van der Waals surface area contributed by atoms with Crippen molar-refractivity contribution in [3.8, 4) is 0 Å². The van der Waals surface area contributed by atoms with Crippen molar-refractivity contribution in [3.63, 3.8) is 0 Å². The van der Waals surface area contributed by atoms with E-state index in [9.17, 15) is 10.2 Å². The Hall–Kier alpha value is -0.980. The van der Waals surface area contributed by atoms with Crippen LogP contribution in [0, 0.1) is 0 Å². The number of aliphatic hydroxyl groups is 3. The van der Waals surface area contributed by atoms with Crippen LogP contribution in [0.5, 0.6) is 0 Å². The highest BCUT2D eigenvalue weighted by Gasteiger charge is 2.36. The quantitative estimate of drug-likeness (QED) is 0.706. The van der Waals surface area contributed by atoms with Crippen molar-refractivity contribution >= 4 is 0 Å². The fourth-order valence-corrected chi connectivity index (χ4v) is 1.94. The normalized spacial score (nSPS) is 32.4. The average molecular weight is 254 g/mol. The molecule has 1 aromatic rings. The van der Waals surface area contributed by atoms with Gasteiger partial charge in [-0.3, -0.25) is 0 Å². The molecule has 5 heteroatoms. The van der Waals surface area contributed by atoms with E-state index in [4.69, 9.17) is 14.6 Å². The van der Waals surface area contributed by atoms with Gasteiger partial charge in [-0.1, -0.05) is 30.3 Å². The zero-order chi connectivity index (χ0) is 13.0. The molecule has 1 aliphatic rings. The van der Waals surface area contributed by atoms with Crippen molar-refractivity contribution in [3.05, 3.63) is 35.9 Å². The molecule has 0 aromatic heterocycles. The van der Waals surface area contributed by atoms with Crippen molar-refractivity contribution in [1.29, 1.82) is 0 Å². The van der Waals surface area contributed by atoms with Crippen molar-refractivity contribution in [2.75, 3.05) is 6.61 Å². The molecule has 0 unspecified atom stereocenters. The van der Waals surface area contributed by atoms with E-state index in [1.54, 1.807) is 0 Å². The van der Waals surface area contributed by atoms with Crippen molar-refractivity contribution in [1.82, 2.24) is 0 Å². The molecule has 0 amide bonds. The lowest BCUT2D eigenvalue weighted by Gasteiger charge is -2.36. The summed E-state index contributed by atoms with van der Waals surface area (Å²) in [6, 6.07) is 9.60. The molecule has 4 atom stereocenters. The lowest BCUT2D eigenvalue weighted by Crippen LogP contribution is -2.50. The first-order chi connectivity index (χ1) is 8.70. The summed E-state index contributed by atoms with van der Waals surface area (Å²) in [5, 5.41) is 28.2. The molecular formula is C13H18O5. The Kier molecular flexibility index (Phi) is 4.68. The van der Waals surface area contributed by atoms with Gasteiger partial charge in [0.15, 0.2) is 6.29 Å². The van der Waals surface area contributed by atoms with Gasteiger partial charge in [-0.25, -0.2) is 0 Å². The van der Waals surface area contributed by atoms with E-state index >= 15 is 0 Å². The second-order valence-corrected chi connectivity index (χ2v) is 4.38. The highest BCUT2D eigenvalue weighted by Crippen LogP contribution is 2.21. The van der Waals surface area contributed by atoms with Gasteiger partial charge in [0.25, 0.3) is 0 Å². The monoisotopic (exact) mass is 254 g/mol. The van der Waals surface area contributed by atoms with Crippen LogP contribution < -0.4 is 0 Å². The minimum absolute atomic E-state index is 0.199. The van der Waals surface area contributed by atoms with Gasteiger partial charge < -0.3 is 24.8 Å². The SMILES string of the molecule is OC[C@H]1O[C@@H](OCc2ccccc2)C[C@@H](O)[C@H]1O. The second kappa shape index (κ2) is 6.26. The van der Waals surface area contributed by atoms with E-state index < -0.39 is 24.6 Å². The lowest BCUT2D eigenvalue weighted by atomic mass is 10.0. The van der Waals surface area contributed by atoms with Crippen LogP contribution in [0.3, 0.4) is 0 Å². The lowest BCUT2D eigenvalue weighted by molar-refractivity contribution is -0.260. The third-order valence-corrected chi connectivity index (χ3v) is 2.99. The molecule has 1 heterocycles. The average Bonchev–Trinajstić information content (AvgIpc) is 2.41. The van der Waals surface area contributed by atoms with Gasteiger partial charge in [-0.15, -0.1) is 0 Å². The van der Waals surface area contributed by atoms with E-state index in [2.05, 4.69) is 0 Å². The molecule has 0 radical (unpaired) electrons. The van der Waals surface area contributed by atoms with Crippen LogP contribution >= 0.6 is 0 Å². The first-order valence-electron chi connectivity index (χ1n) is 5.98. The van der Waals surface area contributed by atoms with Gasteiger partial charge >= 0.3 is 0 Å². The Morgan fingerprint density at radius 3 is 2.61 bits per heavy atom. The number of aliphatic hydroxyl groups excluding tert-OH is 3. The highest BCUT2D eigenvalue weighted by atomic mass is 16.7. The van der Waals surface area contributed by atoms with Crippen LogP contribution in [0.1, 0.15) is 12.0 Å². The molecule has 1 saturated heterocycles. The van der Waals surface area contributed by atoms with Crippen LogP contribution in [-0.4, -0.2) is 46.5 Å². The van der Waals surface area contributed by atoms with E-state index in [1.165, 1.54) is 0 Å². The smallest absolute Gasteiger partial charge is 0.161 e. The molecule has 0 aliphatic carbocycles. The van der Waals surface area contributed by atoms with Crippen LogP contribution in [0.2, 0.25) is 0 Å². The van der Waals surface area contributed by atoms with Crippen LogP contribution in [0.15, 0.2) is 30.3 Å². The van der Waals surface area contributed by atoms with Gasteiger partial charge in [0.2, 0.25) is 0 Å². The molecular weight excluding hydrogens is 236 g/mol. The molecule has 0 spiro atoms. The summed E-state index contributed by atoms with van der Waals surface area (Å²) in [5.41, 5.74) is 1.00. The highest BCUT2D eigenvalue weighted by molar-refractivity contribution is 5.13. The molecule has 1 aliphatic heterocycles. The van der Waals surface area contributed by atoms with Gasteiger partial charge in [-0.05, 0) is 5.56 Å². The number of rotatable bonds is 4. The third kappa shape index (κ3) is 3.28. The predicted molar refractivity (Wildman–Crippen MR) is 63.6 cm³/mol. The van der Waals surface area contributed by atoms with Crippen LogP contribution in [-0.2, 0) is 16.1 Å². The van der Waals surface area contributed by atoms with E-state index in [0.717, 1.165) is 5.56 Å². The molecule has 2 rings (SSSR count). The fraction of sp³-hybridized carbons (Fsp3) is 0.538. The summed E-state index contributed by atoms with van der Waals surface area (Å²) in [4.78, 5) is 0. The Labute approximate surface area is 106 Å². The fourth-order valence-electron chi connectivity index (χ4n) is 1.94. The van der Waals surface area contributed by atoms with Gasteiger partial charge in [0, 0.05) is 6.42 Å². The Morgan fingerprint density at radius 2 is 1.94 bits per heavy atom. The zero-order valence-corrected chi connectivity index (χ0v) is 9.98. The zero-order valence-electron chi connectivity index (χ0n) is 9.98. The predicted octanol–water partition coefficient (Wildman–Crippen LogP) is 0.0323. The van der Waals surface area contributed by atoms with Crippen LogP contribution in [0.25, 0.3) is 0 Å². The molecule has 5 nitrogen and oxygen atoms in total. The molecule has 100 valence electrons. The van der Waals surface area contributed by atoms with Crippen molar-refractivity contribution < 1.29 is 24.8 Å². The standard InChI is InChI=1S/C13H18O5/c14-7-11-13(16)10(15)6-12(18-11)17-8-9-4-2-1-3-5-9/h1-5,10-16H,6-8H2/t10-,11-,12-,13-/m1/s1. The third-order valence-electron chi connectivity index (χ3n) is 2.99. The molecule has 0 saturated carbocycles.